The SMILES string of the molecule is COC1(C(=O)N[C@@H](C)c2ccc(-n3cc(F)cn3)nc2)CCC(n2nc(Nc3cc(C4CC4)[nH]n3)c3ccccc3c2=O)CC1. The predicted molar refractivity (Wildman–Crippen MR) is 165 cm³/mol. The topological polar surface area (TPSA) is 145 Å². The number of methoxy groups -OCH3 is 1. The Labute approximate surface area is 258 Å². The molecule has 45 heavy (non-hydrogen) atoms. The van der Waals surface area contributed by atoms with Gasteiger partial charge in [0.15, 0.2) is 23.3 Å². The Morgan fingerprint density at radius 3 is 2.56 bits per heavy atom. The van der Waals surface area contributed by atoms with Crippen LogP contribution in [0.5, 0.6) is 0 Å². The number of rotatable bonds is 9. The Kier molecular flexibility index (Phi) is 7.40. The van der Waals surface area contributed by atoms with Crippen LogP contribution < -0.4 is 16.2 Å². The lowest BCUT2D eigenvalue weighted by atomic mass is 9.81. The van der Waals surface area contributed by atoms with Crippen molar-refractivity contribution in [2.75, 3.05) is 12.4 Å². The molecule has 0 radical (unpaired) electrons. The summed E-state index contributed by atoms with van der Waals surface area (Å²) in [6.45, 7) is 1.87. The van der Waals surface area contributed by atoms with E-state index in [1.165, 1.54) is 10.9 Å². The lowest BCUT2D eigenvalue weighted by Gasteiger charge is -2.38. The zero-order valence-corrected chi connectivity index (χ0v) is 25.0. The van der Waals surface area contributed by atoms with Crippen LogP contribution >= 0.6 is 0 Å². The predicted octanol–water partition coefficient (Wildman–Crippen LogP) is 4.84. The number of fused-ring (bicyclic) bond motifs is 1. The smallest absolute Gasteiger partial charge is 0.275 e. The van der Waals surface area contributed by atoms with E-state index >= 15 is 0 Å². The average Bonchev–Trinajstić information content (AvgIpc) is 3.66. The van der Waals surface area contributed by atoms with E-state index < -0.39 is 11.4 Å². The van der Waals surface area contributed by atoms with Crippen molar-refractivity contribution in [2.24, 2.45) is 0 Å². The summed E-state index contributed by atoms with van der Waals surface area (Å²) in [7, 11) is 1.55. The van der Waals surface area contributed by atoms with Gasteiger partial charge in [-0.2, -0.15) is 15.3 Å². The molecular formula is C32H34FN9O3. The van der Waals surface area contributed by atoms with Crippen LogP contribution in [-0.2, 0) is 9.53 Å². The molecule has 12 nitrogen and oxygen atoms in total. The highest BCUT2D eigenvalue weighted by molar-refractivity contribution is 5.92. The molecule has 2 aliphatic rings. The number of carbonyl (C=O) groups excluding carboxylic acids is 1. The number of ether oxygens (including phenoxy) is 1. The normalized spacial score (nSPS) is 20.6. The molecule has 1 aromatic carbocycles. The van der Waals surface area contributed by atoms with Gasteiger partial charge in [0.1, 0.15) is 5.60 Å². The van der Waals surface area contributed by atoms with Crippen molar-refractivity contribution in [1.29, 1.82) is 0 Å². The van der Waals surface area contributed by atoms with Crippen molar-refractivity contribution in [3.8, 4) is 5.82 Å². The zero-order chi connectivity index (χ0) is 31.1. The Morgan fingerprint density at radius 1 is 1.11 bits per heavy atom. The highest BCUT2D eigenvalue weighted by Gasteiger charge is 2.43. The molecule has 1 amide bonds. The van der Waals surface area contributed by atoms with E-state index in [-0.39, 0.29) is 23.6 Å². The fourth-order valence-electron chi connectivity index (χ4n) is 6.14. The van der Waals surface area contributed by atoms with Gasteiger partial charge in [-0.1, -0.05) is 24.3 Å². The molecule has 0 bridgehead atoms. The van der Waals surface area contributed by atoms with Gasteiger partial charge < -0.3 is 15.4 Å². The van der Waals surface area contributed by atoms with Crippen LogP contribution in [0.25, 0.3) is 16.6 Å². The average molecular weight is 612 g/mol. The number of nitrogens with one attached hydrogen (secondary N) is 3. The summed E-state index contributed by atoms with van der Waals surface area (Å²) in [5, 5.41) is 23.9. The number of halogens is 1. The van der Waals surface area contributed by atoms with Crippen molar-refractivity contribution in [3.63, 3.8) is 0 Å². The maximum absolute atomic E-state index is 13.6. The molecule has 7 rings (SSSR count). The molecule has 0 saturated heterocycles. The molecule has 4 aromatic heterocycles. The largest absolute Gasteiger partial charge is 0.368 e. The van der Waals surface area contributed by atoms with Crippen LogP contribution in [0.1, 0.15) is 74.7 Å². The second-order valence-corrected chi connectivity index (χ2v) is 11.9. The summed E-state index contributed by atoms with van der Waals surface area (Å²) in [4.78, 5) is 31.6. The summed E-state index contributed by atoms with van der Waals surface area (Å²) in [6, 6.07) is 12.4. The minimum absolute atomic E-state index is 0.168. The summed E-state index contributed by atoms with van der Waals surface area (Å²) in [5.74, 6) is 1.55. The molecule has 5 aromatic rings. The number of hydrogen-bond donors (Lipinski definition) is 3. The van der Waals surface area contributed by atoms with Gasteiger partial charge in [0.05, 0.1) is 29.9 Å². The number of anilines is 2. The number of aromatic nitrogens is 7. The first-order valence-corrected chi connectivity index (χ1v) is 15.2. The molecule has 2 fully saturated rings. The number of amides is 1. The minimum atomic E-state index is -1.04. The molecule has 13 heteroatoms. The standard InChI is InChI=1S/C32H34FN9O3/c1-19(21-9-10-28(34-16-21)41-18-22(33)17-35-41)36-31(44)32(45-2)13-11-23(12-14-32)42-30(43)25-6-4-3-5-24(25)29(40-42)37-27-15-26(38-39-27)20-7-8-20/h3-6,9-10,15-20,23H,7-8,11-14H2,1-2H3,(H,36,44)(H2,37,38,39,40)/t19-,23?,32?/m0/s1. The van der Waals surface area contributed by atoms with E-state index in [4.69, 9.17) is 9.84 Å². The van der Waals surface area contributed by atoms with Gasteiger partial charge in [-0.05, 0) is 63.1 Å². The summed E-state index contributed by atoms with van der Waals surface area (Å²) < 4.78 is 22.1. The molecule has 2 saturated carbocycles. The van der Waals surface area contributed by atoms with Crippen LogP contribution in [-0.4, -0.2) is 53.4 Å². The summed E-state index contributed by atoms with van der Waals surface area (Å²) >= 11 is 0. The molecule has 232 valence electrons. The van der Waals surface area contributed by atoms with Gasteiger partial charge in [0.25, 0.3) is 11.5 Å². The number of aromatic amines is 1. The van der Waals surface area contributed by atoms with Crippen molar-refractivity contribution in [2.45, 2.75) is 69.1 Å². The van der Waals surface area contributed by atoms with Crippen molar-refractivity contribution < 1.29 is 13.9 Å². The number of benzene rings is 1. The van der Waals surface area contributed by atoms with Crippen LogP contribution in [0.3, 0.4) is 0 Å². The third-order valence-electron chi connectivity index (χ3n) is 9.01. The van der Waals surface area contributed by atoms with E-state index in [9.17, 15) is 14.0 Å². The number of nitrogens with zero attached hydrogens (tertiary/aromatic N) is 6. The lowest BCUT2D eigenvalue weighted by Crippen LogP contribution is -2.51. The highest BCUT2D eigenvalue weighted by atomic mass is 19.1. The maximum Gasteiger partial charge on any atom is 0.275 e. The quantitative estimate of drug-likeness (QED) is 0.215. The van der Waals surface area contributed by atoms with Gasteiger partial charge in [0.2, 0.25) is 0 Å². The van der Waals surface area contributed by atoms with Gasteiger partial charge in [0, 0.05) is 36.4 Å². The van der Waals surface area contributed by atoms with Crippen LogP contribution in [0.15, 0.2) is 65.8 Å². The monoisotopic (exact) mass is 611 g/mol. The van der Waals surface area contributed by atoms with E-state index in [1.807, 2.05) is 43.3 Å². The van der Waals surface area contributed by atoms with Gasteiger partial charge in [-0.25, -0.2) is 18.7 Å². The van der Waals surface area contributed by atoms with E-state index in [0.717, 1.165) is 35.7 Å². The second kappa shape index (κ2) is 11.5. The fraction of sp³-hybridized carbons (Fsp3) is 0.375. The Morgan fingerprint density at radius 2 is 1.89 bits per heavy atom. The maximum atomic E-state index is 13.6. The molecule has 0 unspecified atom stereocenters. The first kappa shape index (κ1) is 28.8. The second-order valence-electron chi connectivity index (χ2n) is 11.9. The number of H-pyrrole nitrogens is 1. The molecule has 2 aliphatic carbocycles. The lowest BCUT2D eigenvalue weighted by molar-refractivity contribution is -0.149. The van der Waals surface area contributed by atoms with E-state index in [1.54, 1.807) is 24.1 Å². The Bertz CT molecular complexity index is 1900. The van der Waals surface area contributed by atoms with Gasteiger partial charge >= 0.3 is 0 Å². The van der Waals surface area contributed by atoms with Crippen LogP contribution in [0.2, 0.25) is 0 Å². The number of pyridine rings is 1. The van der Waals surface area contributed by atoms with E-state index in [2.05, 4.69) is 30.9 Å². The first-order chi connectivity index (χ1) is 21.8. The third-order valence-corrected chi connectivity index (χ3v) is 9.01. The molecule has 0 aliphatic heterocycles. The van der Waals surface area contributed by atoms with Crippen LogP contribution in [0.4, 0.5) is 16.0 Å². The highest BCUT2D eigenvalue weighted by Crippen LogP contribution is 2.40. The Balaban J connectivity index is 1.06. The van der Waals surface area contributed by atoms with Crippen molar-refractivity contribution >= 4 is 28.3 Å². The zero-order valence-electron chi connectivity index (χ0n) is 25.0. The summed E-state index contributed by atoms with van der Waals surface area (Å²) in [5.41, 5.74) is 0.678. The van der Waals surface area contributed by atoms with Gasteiger partial charge in [-0.3, -0.25) is 14.7 Å². The first-order valence-electron chi connectivity index (χ1n) is 15.2. The minimum Gasteiger partial charge on any atom is -0.368 e. The van der Waals surface area contributed by atoms with Crippen molar-refractivity contribution in [1.82, 2.24) is 40.1 Å². The fourth-order valence-corrected chi connectivity index (χ4v) is 6.14. The van der Waals surface area contributed by atoms with Gasteiger partial charge in [-0.15, -0.1) is 0 Å². The molecule has 1 atom stereocenters. The third kappa shape index (κ3) is 5.59. The number of carbonyl (C=O) groups is 1. The van der Waals surface area contributed by atoms with E-state index in [0.29, 0.717) is 54.4 Å². The molecular weight excluding hydrogens is 577 g/mol. The molecule has 4 heterocycles. The van der Waals surface area contributed by atoms with Crippen molar-refractivity contribution in [3.05, 3.63) is 88.5 Å². The molecule has 0 spiro atoms. The molecule has 3 N–H and O–H groups in total. The number of hydrogen-bond acceptors (Lipinski definition) is 8. The Hall–Kier alpha value is -4.91. The summed E-state index contributed by atoms with van der Waals surface area (Å²) in [6.07, 6.45) is 8.22. The van der Waals surface area contributed by atoms with Crippen LogP contribution in [0, 0.1) is 5.82 Å².